The van der Waals surface area contributed by atoms with Crippen LogP contribution in [0, 0.1) is 0 Å². The minimum Gasteiger partial charge on any atom is -0.494 e. The summed E-state index contributed by atoms with van der Waals surface area (Å²) in [6, 6.07) is 49.7. The molecule has 0 aromatic heterocycles. The number of ether oxygens (including phenoxy) is 5. The normalized spacial score (nSPS) is 12.9. The number of carbonyl (C=O) groups is 2. The van der Waals surface area contributed by atoms with Gasteiger partial charge in [-0.2, -0.15) is 0 Å². The van der Waals surface area contributed by atoms with Gasteiger partial charge in [0.15, 0.2) is 12.2 Å². The van der Waals surface area contributed by atoms with E-state index in [0.717, 1.165) is 61.2 Å². The van der Waals surface area contributed by atoms with Gasteiger partial charge in [0.25, 0.3) is 0 Å². The van der Waals surface area contributed by atoms with Crippen molar-refractivity contribution >= 4 is 23.1 Å². The molecule has 7 heteroatoms. The first-order valence-electron chi connectivity index (χ1n) is 23.7. The van der Waals surface area contributed by atoms with Gasteiger partial charge in [-0.05, 0) is 130 Å². The molecule has 0 saturated carbocycles. The first-order valence-corrected chi connectivity index (χ1v) is 23.7. The van der Waals surface area contributed by atoms with Crippen LogP contribution in [0.25, 0.3) is 33.4 Å². The summed E-state index contributed by atoms with van der Waals surface area (Å²) < 4.78 is 29.7. The molecule has 0 radical (unpaired) electrons. The fraction of sp³-hybridized carbons (Fsp3) is 0.288. The molecule has 0 saturated heterocycles. The van der Waals surface area contributed by atoms with Crippen molar-refractivity contribution in [2.45, 2.75) is 83.8 Å². The second-order valence-corrected chi connectivity index (χ2v) is 16.9. The van der Waals surface area contributed by atoms with Crippen LogP contribution in [0.3, 0.4) is 0 Å². The summed E-state index contributed by atoms with van der Waals surface area (Å²) in [6.45, 7) is 5.93. The Hall–Kier alpha value is -6.54. The van der Waals surface area contributed by atoms with E-state index in [0.29, 0.717) is 32.8 Å². The van der Waals surface area contributed by atoms with Gasteiger partial charge in [0.05, 0.1) is 13.2 Å². The first kappa shape index (κ1) is 46.0. The molecule has 2 aliphatic carbocycles. The smallest absolute Gasteiger partial charge is 0.343 e. The van der Waals surface area contributed by atoms with E-state index >= 15 is 0 Å². The molecule has 2 unspecified atom stereocenters. The Balaban J connectivity index is 0.802. The number of fused-ring (bicyclic) bond motifs is 6. The summed E-state index contributed by atoms with van der Waals surface area (Å²) in [4.78, 5) is 27.1. The van der Waals surface area contributed by atoms with Crippen molar-refractivity contribution in [1.82, 2.24) is 0 Å². The zero-order chi connectivity index (χ0) is 45.5. The van der Waals surface area contributed by atoms with Crippen LogP contribution in [-0.2, 0) is 36.6 Å². The van der Waals surface area contributed by atoms with Crippen molar-refractivity contribution in [3.05, 3.63) is 191 Å². The summed E-state index contributed by atoms with van der Waals surface area (Å²) >= 11 is 0. The lowest BCUT2D eigenvalue weighted by Crippen LogP contribution is -2.36. The highest BCUT2D eigenvalue weighted by atomic mass is 16.6. The van der Waals surface area contributed by atoms with E-state index < -0.39 is 24.1 Å². The van der Waals surface area contributed by atoms with Crippen LogP contribution in [0.1, 0.15) is 92.2 Å². The van der Waals surface area contributed by atoms with Crippen LogP contribution in [0.15, 0.2) is 158 Å². The lowest BCUT2D eigenvalue weighted by Gasteiger charge is -2.20. The van der Waals surface area contributed by atoms with Crippen LogP contribution in [-0.4, -0.2) is 50.6 Å². The Morgan fingerprint density at radius 3 is 1.15 bits per heavy atom. The molecule has 66 heavy (non-hydrogen) atoms. The molecule has 6 aromatic carbocycles. The van der Waals surface area contributed by atoms with Gasteiger partial charge in [-0.15, -0.1) is 0 Å². The van der Waals surface area contributed by atoms with Crippen molar-refractivity contribution in [3.63, 3.8) is 0 Å². The van der Waals surface area contributed by atoms with Crippen molar-refractivity contribution in [3.8, 4) is 33.8 Å². The fourth-order valence-electron chi connectivity index (χ4n) is 8.73. The van der Waals surface area contributed by atoms with Gasteiger partial charge in [0.1, 0.15) is 11.5 Å². The molecule has 7 nitrogen and oxygen atoms in total. The lowest BCUT2D eigenvalue weighted by atomic mass is 10.0. The van der Waals surface area contributed by atoms with Gasteiger partial charge in [0, 0.05) is 26.1 Å². The number of hydrogen-bond acceptors (Lipinski definition) is 7. The lowest BCUT2D eigenvalue weighted by molar-refractivity contribution is -0.175. The molecule has 2 atom stereocenters. The summed E-state index contributed by atoms with van der Waals surface area (Å²) in [5.41, 5.74) is 14.6. The van der Waals surface area contributed by atoms with E-state index in [1.165, 1.54) is 55.7 Å². The van der Waals surface area contributed by atoms with Crippen molar-refractivity contribution < 1.29 is 33.3 Å². The van der Waals surface area contributed by atoms with E-state index in [4.69, 9.17) is 23.7 Å². The number of hydrogen-bond donors (Lipinski definition) is 0. The third kappa shape index (κ3) is 11.5. The standard InChI is InChI=1S/C59H60O7/c1-3-5-37-65-57(41-43-30-34-45(35-31-43)63-39-17-15-27-55-52-24-12-8-20-48(52)49-21-9-13-25-53(49)55)59(61)66-58(60)56(64-36-4-2)40-42-28-32-44(33-29-42)62-38-16-14-26-54-50-22-10-6-18-46(50)47-19-7-11-23-51(47)54/h6-13,18-35,56-57H,3-5,14-17,36-41H2,1-2H3. The Morgan fingerprint density at radius 1 is 0.424 bits per heavy atom. The minimum atomic E-state index is -0.951. The largest absolute Gasteiger partial charge is 0.494 e. The van der Waals surface area contributed by atoms with Gasteiger partial charge in [0.2, 0.25) is 0 Å². The number of allylic oxidation sites excluding steroid dienone is 2. The zero-order valence-electron chi connectivity index (χ0n) is 38.2. The molecule has 8 rings (SSSR count). The second kappa shape index (κ2) is 23.1. The predicted octanol–water partition coefficient (Wildman–Crippen LogP) is 13.1. The molecule has 2 aliphatic rings. The molecule has 6 aromatic rings. The monoisotopic (exact) mass is 880 g/mol. The maximum absolute atomic E-state index is 13.6. The van der Waals surface area contributed by atoms with Crippen molar-refractivity contribution in [1.29, 1.82) is 0 Å². The van der Waals surface area contributed by atoms with Crippen molar-refractivity contribution in [2.24, 2.45) is 0 Å². The maximum Gasteiger partial charge on any atom is 0.343 e. The highest BCUT2D eigenvalue weighted by Gasteiger charge is 2.30. The predicted molar refractivity (Wildman–Crippen MR) is 263 cm³/mol. The molecule has 0 N–H and O–H groups in total. The third-order valence-electron chi connectivity index (χ3n) is 12.1. The van der Waals surface area contributed by atoms with E-state index in [1.54, 1.807) is 0 Å². The summed E-state index contributed by atoms with van der Waals surface area (Å²) in [5.74, 6) is 0.0686. The average Bonchev–Trinajstić information content (AvgIpc) is 3.85. The summed E-state index contributed by atoms with van der Waals surface area (Å²) in [7, 11) is 0. The molecule has 338 valence electrons. The highest BCUT2D eigenvalue weighted by molar-refractivity contribution is 6.02. The Kier molecular flexibility index (Phi) is 16.1. The van der Waals surface area contributed by atoms with Gasteiger partial charge >= 0.3 is 11.9 Å². The van der Waals surface area contributed by atoms with Crippen LogP contribution in [0.4, 0.5) is 0 Å². The molecular formula is C59H60O7. The Labute approximate surface area is 390 Å². The number of carbonyl (C=O) groups excluding carboxylic acids is 2. The molecule has 0 spiro atoms. The van der Waals surface area contributed by atoms with E-state index in [1.807, 2.05) is 55.5 Å². The van der Waals surface area contributed by atoms with Crippen LogP contribution < -0.4 is 9.47 Å². The van der Waals surface area contributed by atoms with Gasteiger partial charge in [-0.3, -0.25) is 0 Å². The average molecular weight is 881 g/mol. The third-order valence-corrected chi connectivity index (χ3v) is 12.1. The molecule has 0 aliphatic heterocycles. The van der Waals surface area contributed by atoms with Gasteiger partial charge < -0.3 is 23.7 Å². The van der Waals surface area contributed by atoms with E-state index in [-0.39, 0.29) is 12.8 Å². The minimum absolute atomic E-state index is 0.255. The van der Waals surface area contributed by atoms with Crippen molar-refractivity contribution in [2.75, 3.05) is 26.4 Å². The van der Waals surface area contributed by atoms with Gasteiger partial charge in [-0.1, -0.05) is 154 Å². The topological polar surface area (TPSA) is 80.3 Å². The fourth-order valence-corrected chi connectivity index (χ4v) is 8.73. The number of unbranched alkanes of at least 4 members (excludes halogenated alkanes) is 3. The Morgan fingerprint density at radius 2 is 0.788 bits per heavy atom. The molecular weight excluding hydrogens is 821 g/mol. The highest BCUT2D eigenvalue weighted by Crippen LogP contribution is 2.45. The molecule has 0 bridgehead atoms. The van der Waals surface area contributed by atoms with E-state index in [9.17, 15) is 9.59 Å². The molecule has 0 amide bonds. The first-order chi connectivity index (χ1) is 32.5. The number of esters is 2. The SMILES string of the molecule is CCCCOC(Cc1ccc(OCCCC=C2c3ccccc3-c3ccccc32)cc1)C(=O)OC(=O)C(Cc1ccc(OCCCC=C2c3ccccc3-c3ccccc32)cc1)OCCC. The zero-order valence-corrected chi connectivity index (χ0v) is 38.2. The number of benzene rings is 6. The van der Waals surface area contributed by atoms with Crippen LogP contribution >= 0.6 is 0 Å². The summed E-state index contributed by atoms with van der Waals surface area (Å²) in [5, 5.41) is 0. The molecule has 0 fully saturated rings. The van der Waals surface area contributed by atoms with Crippen LogP contribution in [0.2, 0.25) is 0 Å². The number of rotatable bonds is 23. The quantitative estimate of drug-likeness (QED) is 0.0360. The van der Waals surface area contributed by atoms with E-state index in [2.05, 4.69) is 116 Å². The van der Waals surface area contributed by atoms with Crippen LogP contribution in [0.5, 0.6) is 11.5 Å². The summed E-state index contributed by atoms with van der Waals surface area (Å²) in [6.07, 6.45) is 9.19. The molecule has 0 heterocycles. The second-order valence-electron chi connectivity index (χ2n) is 16.9. The Bertz CT molecular complexity index is 2530. The van der Waals surface area contributed by atoms with Gasteiger partial charge in [-0.25, -0.2) is 9.59 Å². The maximum atomic E-state index is 13.6.